The summed E-state index contributed by atoms with van der Waals surface area (Å²) in [7, 11) is 0. The molecule has 2 rings (SSSR count). The number of carboxylic acid groups (broad SMARTS) is 2. The zero-order chi connectivity index (χ0) is 18.6. The molecule has 0 amide bonds. The molecule has 0 radical (unpaired) electrons. The molecule has 0 saturated heterocycles. The van der Waals surface area contributed by atoms with Crippen LogP contribution in [0.15, 0.2) is 42.2 Å². The molecule has 11 heteroatoms. The maximum Gasteiger partial charge on any atom is 2.00 e. The standard InChI is InChI=1S/2C7H4Br2O3.Ba/c2*8-3-1-4(7(11)12)6(10)5(9)2-3;/h2*1-2,10H,(H,11,12);/q;;+2/p-2. The number of halogens is 4. The van der Waals surface area contributed by atoms with Crippen LogP contribution >= 0.6 is 63.7 Å². The Balaban J connectivity index is 0.000000443. The third-order valence-corrected chi connectivity index (χ3v) is 4.57. The van der Waals surface area contributed by atoms with Crippen LogP contribution in [0.3, 0.4) is 0 Å². The minimum atomic E-state index is -1.22. The molecular weight excluding hydrogens is 721 g/mol. The predicted molar refractivity (Wildman–Crippen MR) is 102 cm³/mol. The van der Waals surface area contributed by atoms with Crippen molar-refractivity contribution in [2.45, 2.75) is 0 Å². The molecule has 0 aromatic heterocycles. The Morgan fingerprint density at radius 1 is 0.720 bits per heavy atom. The Morgan fingerprint density at radius 3 is 1.24 bits per heavy atom. The Kier molecular flexibility index (Phi) is 11.6. The molecule has 0 spiro atoms. The van der Waals surface area contributed by atoms with Gasteiger partial charge in [0.15, 0.2) is 0 Å². The first-order chi connectivity index (χ1) is 11.0. The van der Waals surface area contributed by atoms with Crippen LogP contribution in [0.4, 0.5) is 0 Å². The molecule has 0 atom stereocenters. The molecule has 0 bridgehead atoms. The van der Waals surface area contributed by atoms with E-state index in [1.54, 1.807) is 0 Å². The van der Waals surface area contributed by atoms with Crippen LogP contribution in [0, 0.1) is 0 Å². The quantitative estimate of drug-likeness (QED) is 0.457. The first kappa shape index (κ1) is 25.5. The van der Waals surface area contributed by atoms with Gasteiger partial charge in [0.05, 0.1) is 11.1 Å². The zero-order valence-electron chi connectivity index (χ0n) is 12.1. The van der Waals surface area contributed by atoms with Crippen LogP contribution in [-0.2, 0) is 0 Å². The molecule has 2 aromatic rings. The van der Waals surface area contributed by atoms with E-state index in [-0.39, 0.29) is 69.0 Å². The molecule has 25 heavy (non-hydrogen) atoms. The summed E-state index contributed by atoms with van der Waals surface area (Å²) in [6.45, 7) is 0. The van der Waals surface area contributed by atoms with Crippen molar-refractivity contribution < 1.29 is 30.0 Å². The van der Waals surface area contributed by atoms with Gasteiger partial charge in [-0.25, -0.2) is 9.59 Å². The smallest absolute Gasteiger partial charge is 0.871 e. The number of rotatable bonds is 2. The van der Waals surface area contributed by atoms with Crippen LogP contribution in [0.1, 0.15) is 20.7 Å². The topological polar surface area (TPSA) is 121 Å². The summed E-state index contributed by atoms with van der Waals surface area (Å²) in [5.74, 6) is -3.46. The molecule has 6 nitrogen and oxygen atoms in total. The molecule has 0 unspecified atom stereocenters. The SMILES string of the molecule is O=C(O)c1cc(Br)cc(Br)c1[O-].O=C(O)c1cc(Br)cc(Br)c1[O-].[Ba+2]. The van der Waals surface area contributed by atoms with Crippen molar-refractivity contribution in [2.75, 3.05) is 0 Å². The van der Waals surface area contributed by atoms with E-state index in [1.165, 1.54) is 24.3 Å². The number of hydrogen-bond acceptors (Lipinski definition) is 4. The van der Waals surface area contributed by atoms with Crippen LogP contribution in [-0.4, -0.2) is 71.0 Å². The summed E-state index contributed by atoms with van der Waals surface area (Å²) in [6, 6.07) is 5.56. The molecule has 0 aliphatic carbocycles. The fourth-order valence-corrected chi connectivity index (χ4v) is 3.89. The monoisotopic (exact) mass is 724 g/mol. The van der Waals surface area contributed by atoms with Crippen molar-refractivity contribution in [3.8, 4) is 11.5 Å². The minimum absolute atomic E-state index is 0. The van der Waals surface area contributed by atoms with Crippen molar-refractivity contribution in [3.05, 3.63) is 53.3 Å². The summed E-state index contributed by atoms with van der Waals surface area (Å²) in [5.41, 5.74) is -0.479. The molecule has 0 aliphatic heterocycles. The molecule has 2 N–H and O–H groups in total. The Labute approximate surface area is 216 Å². The second-order valence-electron chi connectivity index (χ2n) is 4.14. The second kappa shape index (κ2) is 11.3. The molecule has 0 saturated carbocycles. The molecule has 0 heterocycles. The van der Waals surface area contributed by atoms with Gasteiger partial charge >= 0.3 is 60.8 Å². The van der Waals surface area contributed by atoms with Crippen LogP contribution in [0.25, 0.3) is 0 Å². The third kappa shape index (κ3) is 7.54. The van der Waals surface area contributed by atoms with Crippen molar-refractivity contribution in [1.29, 1.82) is 0 Å². The average molecular weight is 727 g/mol. The van der Waals surface area contributed by atoms with Gasteiger partial charge < -0.3 is 20.4 Å². The zero-order valence-corrected chi connectivity index (χ0v) is 22.8. The summed E-state index contributed by atoms with van der Waals surface area (Å²) in [6.07, 6.45) is 0. The van der Waals surface area contributed by atoms with E-state index in [0.29, 0.717) is 8.95 Å². The van der Waals surface area contributed by atoms with Gasteiger partial charge in [0, 0.05) is 17.9 Å². The van der Waals surface area contributed by atoms with Gasteiger partial charge in [0.2, 0.25) is 0 Å². The Morgan fingerprint density at radius 2 is 1.00 bits per heavy atom. The number of benzene rings is 2. The summed E-state index contributed by atoms with van der Waals surface area (Å²) in [4.78, 5) is 21.0. The predicted octanol–water partition coefficient (Wildman–Crippen LogP) is 3.59. The summed E-state index contributed by atoms with van der Waals surface area (Å²) in [5, 5.41) is 39.4. The number of hydrogen-bond donors (Lipinski definition) is 2. The Hall–Kier alpha value is 0.471. The van der Waals surface area contributed by atoms with E-state index in [4.69, 9.17) is 10.2 Å². The number of carboxylic acids is 2. The third-order valence-electron chi connectivity index (χ3n) is 2.48. The van der Waals surface area contributed by atoms with Crippen molar-refractivity contribution >= 4 is 125 Å². The normalized spacial score (nSPS) is 9.44. The van der Waals surface area contributed by atoms with Crippen molar-refractivity contribution in [3.63, 3.8) is 0 Å². The van der Waals surface area contributed by atoms with E-state index < -0.39 is 23.4 Å². The van der Waals surface area contributed by atoms with E-state index in [2.05, 4.69) is 63.7 Å². The summed E-state index contributed by atoms with van der Waals surface area (Å²) >= 11 is 12.1. The average Bonchev–Trinajstić information content (AvgIpc) is 2.46. The van der Waals surface area contributed by atoms with Gasteiger partial charge in [-0.3, -0.25) is 0 Å². The van der Waals surface area contributed by atoms with Gasteiger partial charge in [0.1, 0.15) is 0 Å². The van der Waals surface area contributed by atoms with Gasteiger partial charge in [-0.1, -0.05) is 75.2 Å². The van der Waals surface area contributed by atoms with Crippen LogP contribution in [0.2, 0.25) is 0 Å². The molecule has 128 valence electrons. The van der Waals surface area contributed by atoms with Gasteiger partial charge in [0.25, 0.3) is 0 Å². The van der Waals surface area contributed by atoms with E-state index in [0.717, 1.165) is 0 Å². The Bertz CT molecular complexity index is 745. The maximum absolute atomic E-state index is 11.1. The fourth-order valence-electron chi connectivity index (χ4n) is 1.44. The second-order valence-corrected chi connectivity index (χ2v) is 7.68. The van der Waals surface area contributed by atoms with Gasteiger partial charge in [-0.2, -0.15) is 0 Å². The molecular formula is C14H6BaBr4O6. The van der Waals surface area contributed by atoms with E-state index in [1.807, 2.05) is 0 Å². The molecule has 2 aromatic carbocycles. The maximum atomic E-state index is 11.1. The first-order valence-corrected chi connectivity index (χ1v) is 9.00. The van der Waals surface area contributed by atoms with Crippen molar-refractivity contribution in [1.82, 2.24) is 0 Å². The molecule has 0 fully saturated rings. The van der Waals surface area contributed by atoms with Crippen molar-refractivity contribution in [2.24, 2.45) is 0 Å². The van der Waals surface area contributed by atoms with E-state index >= 15 is 0 Å². The van der Waals surface area contributed by atoms with Crippen LogP contribution in [0.5, 0.6) is 11.5 Å². The summed E-state index contributed by atoms with van der Waals surface area (Å²) < 4.78 is 1.61. The number of aromatic carboxylic acids is 2. The minimum Gasteiger partial charge on any atom is -0.871 e. The van der Waals surface area contributed by atoms with Gasteiger partial charge in [-0.15, -0.1) is 0 Å². The number of carbonyl (C=O) groups is 2. The van der Waals surface area contributed by atoms with Crippen LogP contribution < -0.4 is 10.2 Å². The van der Waals surface area contributed by atoms with E-state index in [9.17, 15) is 19.8 Å². The fraction of sp³-hybridized carbons (Fsp3) is 0. The van der Waals surface area contributed by atoms with Gasteiger partial charge in [-0.05, 0) is 24.3 Å². The molecule has 0 aliphatic rings. The first-order valence-electron chi connectivity index (χ1n) is 5.83. The largest absolute Gasteiger partial charge is 2.00 e.